The first-order valence-electron chi connectivity index (χ1n) is 12.7. The number of nitrogen functional groups attached to an aromatic ring is 1. The number of aromatic hydroxyl groups is 2. The Bertz CT molecular complexity index is 2150. The number of allylic oxidation sites excluding steroid dienone is 1. The molecule has 40 heavy (non-hydrogen) atoms. The molecular weight excluding hydrogens is 508 g/mol. The topological polar surface area (TPSA) is 139 Å². The van der Waals surface area contributed by atoms with Gasteiger partial charge in [-0.3, -0.25) is 0 Å². The quantitative estimate of drug-likeness (QED) is 0.0985. The lowest BCUT2D eigenvalue weighted by Crippen LogP contribution is -2.31. The van der Waals surface area contributed by atoms with Crippen molar-refractivity contribution >= 4 is 60.4 Å². The van der Waals surface area contributed by atoms with Gasteiger partial charge in [-0.2, -0.15) is 0 Å². The molecule has 8 heteroatoms. The van der Waals surface area contributed by atoms with Crippen LogP contribution < -0.4 is 22.3 Å². The van der Waals surface area contributed by atoms with Crippen LogP contribution in [0, 0.1) is 0 Å². The molecule has 200 valence electrons. The number of hydrogen-bond donors (Lipinski definition) is 4. The molecule has 8 nitrogen and oxygen atoms in total. The Kier molecular flexibility index (Phi) is 5.58. The van der Waals surface area contributed by atoms with E-state index in [9.17, 15) is 19.8 Å². The number of fused-ring (bicyclic) bond motifs is 8. The van der Waals surface area contributed by atoms with Crippen LogP contribution in [-0.4, -0.2) is 15.8 Å². The van der Waals surface area contributed by atoms with Crippen molar-refractivity contribution in [3.63, 3.8) is 0 Å². The summed E-state index contributed by atoms with van der Waals surface area (Å²) in [6.45, 7) is 6.16. The first-order chi connectivity index (χ1) is 19.0. The summed E-state index contributed by atoms with van der Waals surface area (Å²) in [6, 6.07) is 18.6. The third-order valence-corrected chi connectivity index (χ3v) is 7.05. The van der Waals surface area contributed by atoms with Crippen molar-refractivity contribution in [3.8, 4) is 11.5 Å². The van der Waals surface area contributed by atoms with Crippen LogP contribution in [0.4, 0.5) is 11.4 Å². The van der Waals surface area contributed by atoms with E-state index < -0.39 is 5.63 Å². The summed E-state index contributed by atoms with van der Waals surface area (Å²) in [7, 11) is 0. The molecule has 3 heterocycles. The van der Waals surface area contributed by atoms with Crippen molar-refractivity contribution in [1.82, 2.24) is 0 Å². The van der Waals surface area contributed by atoms with Gasteiger partial charge in [-0.1, -0.05) is 30.3 Å². The van der Waals surface area contributed by atoms with Crippen LogP contribution in [0.15, 0.2) is 91.2 Å². The van der Waals surface area contributed by atoms with Gasteiger partial charge in [-0.05, 0) is 68.8 Å². The van der Waals surface area contributed by atoms with Gasteiger partial charge in [0.25, 0.3) is 0 Å². The molecule has 0 saturated heterocycles. The molecule has 0 bridgehead atoms. The molecule has 0 amide bonds. The normalized spacial score (nSPS) is 13.9. The number of phenols is 2. The maximum Gasteiger partial charge on any atom is 0.344 e. The minimum Gasteiger partial charge on any atom is -0.507 e. The molecule has 0 atom stereocenters. The second kappa shape index (κ2) is 8.91. The van der Waals surface area contributed by atoms with Crippen molar-refractivity contribution in [2.75, 3.05) is 11.1 Å². The van der Waals surface area contributed by atoms with Gasteiger partial charge >= 0.3 is 11.3 Å². The molecule has 0 radical (unpaired) electrons. The summed E-state index contributed by atoms with van der Waals surface area (Å²) < 4.78 is 10.6. The zero-order valence-electron chi connectivity index (χ0n) is 22.0. The SMILES string of the molecule is CC1=CC(C)(C)Nc2ccc3c(c21)c(=O)oc1cccc(O)c13.Nc1ccc2c(c1)c(=O)oc1cccc(O)c12. The summed E-state index contributed by atoms with van der Waals surface area (Å²) in [5, 5.41) is 26.8. The molecule has 6 aromatic rings. The Morgan fingerprint density at radius 2 is 1.35 bits per heavy atom. The molecule has 4 aromatic carbocycles. The Hall–Kier alpha value is -5.24. The van der Waals surface area contributed by atoms with E-state index in [4.69, 9.17) is 14.6 Å². The van der Waals surface area contributed by atoms with E-state index in [2.05, 4.69) is 25.2 Å². The standard InChI is InChI=1S/C19H17NO3.C13H9NO3/c1-10-9-19(2,3)20-12-8-7-11-16-13(21)5-4-6-14(16)23-18(22)17(11)15(10)12;14-7-4-5-8-9(6-7)13(16)17-11-3-1-2-10(15)12(8)11/h4-9,20-21H,1-3H3;1-6,15H,14H2. The molecule has 0 unspecified atom stereocenters. The first kappa shape index (κ1) is 25.1. The maximum absolute atomic E-state index is 12.6. The molecule has 5 N–H and O–H groups in total. The Morgan fingerprint density at radius 1 is 0.750 bits per heavy atom. The van der Waals surface area contributed by atoms with E-state index in [1.807, 2.05) is 19.1 Å². The van der Waals surface area contributed by atoms with E-state index in [0.29, 0.717) is 49.2 Å². The van der Waals surface area contributed by atoms with Crippen molar-refractivity contribution in [2.24, 2.45) is 0 Å². The lowest BCUT2D eigenvalue weighted by molar-refractivity contribution is 0.479. The van der Waals surface area contributed by atoms with Gasteiger partial charge in [0.15, 0.2) is 0 Å². The summed E-state index contributed by atoms with van der Waals surface area (Å²) >= 11 is 0. The largest absolute Gasteiger partial charge is 0.507 e. The molecule has 0 saturated carbocycles. The fourth-order valence-electron chi connectivity index (χ4n) is 5.54. The number of nitrogens with one attached hydrogen (secondary N) is 1. The number of phenolic OH excluding ortho intramolecular Hbond substituents is 2. The lowest BCUT2D eigenvalue weighted by Gasteiger charge is -2.31. The van der Waals surface area contributed by atoms with Crippen molar-refractivity contribution in [2.45, 2.75) is 26.3 Å². The van der Waals surface area contributed by atoms with Crippen molar-refractivity contribution in [3.05, 3.63) is 99.2 Å². The minimum absolute atomic E-state index is 0.0843. The van der Waals surface area contributed by atoms with Crippen LogP contribution in [-0.2, 0) is 0 Å². The summed E-state index contributed by atoms with van der Waals surface area (Å²) in [5.74, 6) is 0.197. The predicted octanol–water partition coefficient (Wildman–Crippen LogP) is 6.49. The number of anilines is 2. The number of rotatable bonds is 0. The summed E-state index contributed by atoms with van der Waals surface area (Å²) in [6.07, 6.45) is 2.10. The number of hydrogen-bond acceptors (Lipinski definition) is 8. The highest BCUT2D eigenvalue weighted by atomic mass is 16.4. The lowest BCUT2D eigenvalue weighted by atomic mass is 9.88. The first-order valence-corrected chi connectivity index (χ1v) is 12.7. The molecule has 0 fully saturated rings. The number of benzene rings is 4. The second-order valence-electron chi connectivity index (χ2n) is 10.5. The molecule has 0 aliphatic carbocycles. The highest BCUT2D eigenvalue weighted by Crippen LogP contribution is 2.40. The molecule has 1 aliphatic rings. The maximum atomic E-state index is 12.6. The average Bonchev–Trinajstić information content (AvgIpc) is 2.88. The Labute approximate surface area is 227 Å². The van der Waals surface area contributed by atoms with E-state index in [1.165, 1.54) is 0 Å². The fourth-order valence-corrected chi connectivity index (χ4v) is 5.54. The number of nitrogens with two attached hydrogens (primary N) is 1. The molecule has 0 spiro atoms. The zero-order valence-corrected chi connectivity index (χ0v) is 22.0. The molecule has 1 aliphatic heterocycles. The third-order valence-electron chi connectivity index (χ3n) is 7.05. The van der Waals surface area contributed by atoms with Crippen LogP contribution >= 0.6 is 0 Å². The van der Waals surface area contributed by atoms with Gasteiger partial charge < -0.3 is 30.1 Å². The fraction of sp³-hybridized carbons (Fsp3) is 0.125. The van der Waals surface area contributed by atoms with Gasteiger partial charge in [0, 0.05) is 27.7 Å². The minimum atomic E-state index is -0.453. The second-order valence-corrected chi connectivity index (χ2v) is 10.5. The van der Waals surface area contributed by atoms with Crippen LogP contribution in [0.3, 0.4) is 0 Å². The highest BCUT2D eigenvalue weighted by Gasteiger charge is 2.26. The van der Waals surface area contributed by atoms with Gasteiger partial charge in [0.1, 0.15) is 22.7 Å². The monoisotopic (exact) mass is 534 g/mol. The predicted molar refractivity (Wildman–Crippen MR) is 159 cm³/mol. The van der Waals surface area contributed by atoms with E-state index >= 15 is 0 Å². The van der Waals surface area contributed by atoms with Crippen LogP contribution in [0.1, 0.15) is 26.3 Å². The average molecular weight is 535 g/mol. The van der Waals surface area contributed by atoms with Crippen LogP contribution in [0.25, 0.3) is 49.1 Å². The van der Waals surface area contributed by atoms with Gasteiger partial charge in [0.05, 0.1) is 27.1 Å². The third kappa shape index (κ3) is 4.01. The Morgan fingerprint density at radius 3 is 2.02 bits per heavy atom. The molecule has 7 rings (SSSR count). The van der Waals surface area contributed by atoms with E-state index in [-0.39, 0.29) is 22.7 Å². The van der Waals surface area contributed by atoms with Crippen molar-refractivity contribution in [1.29, 1.82) is 0 Å². The smallest absolute Gasteiger partial charge is 0.344 e. The Balaban J connectivity index is 0.000000151. The van der Waals surface area contributed by atoms with E-state index in [0.717, 1.165) is 16.8 Å². The molecule has 2 aromatic heterocycles. The van der Waals surface area contributed by atoms with Crippen molar-refractivity contribution < 1.29 is 19.0 Å². The van der Waals surface area contributed by atoms with Gasteiger partial charge in [0.2, 0.25) is 0 Å². The van der Waals surface area contributed by atoms with Crippen LogP contribution in [0.5, 0.6) is 11.5 Å². The molecular formula is C32H26N2O6. The van der Waals surface area contributed by atoms with Gasteiger partial charge in [-0.25, -0.2) is 9.59 Å². The summed E-state index contributed by atoms with van der Waals surface area (Å²) in [5.41, 5.74) is 8.65. The van der Waals surface area contributed by atoms with Gasteiger partial charge in [-0.15, -0.1) is 0 Å². The van der Waals surface area contributed by atoms with Crippen LogP contribution in [0.2, 0.25) is 0 Å². The highest BCUT2D eigenvalue weighted by molar-refractivity contribution is 6.12. The van der Waals surface area contributed by atoms with E-state index in [1.54, 1.807) is 54.6 Å². The zero-order chi connectivity index (χ0) is 28.3. The summed E-state index contributed by atoms with van der Waals surface area (Å²) in [4.78, 5) is 24.3.